The van der Waals surface area contributed by atoms with Gasteiger partial charge in [0.15, 0.2) is 0 Å². The lowest BCUT2D eigenvalue weighted by molar-refractivity contribution is -0.136. The van der Waals surface area contributed by atoms with Gasteiger partial charge in [0, 0.05) is 15.8 Å². The van der Waals surface area contributed by atoms with Crippen LogP contribution in [0.3, 0.4) is 0 Å². The highest BCUT2D eigenvalue weighted by Gasteiger charge is 2.19. The fourth-order valence-electron chi connectivity index (χ4n) is 2.96. The molecular formula is C25H18ClN3O4S. The maximum Gasteiger partial charge on any atom is 0.355 e. The number of hydrogen-bond donors (Lipinski definition) is 2. The van der Waals surface area contributed by atoms with Crippen LogP contribution in [0.2, 0.25) is 5.02 Å². The number of aryl methyl sites for hydroxylation is 1. The fraction of sp³-hybridized carbons (Fsp3) is 0.0400. The van der Waals surface area contributed by atoms with Crippen molar-refractivity contribution < 1.29 is 19.1 Å². The number of rotatable bonds is 5. The summed E-state index contributed by atoms with van der Waals surface area (Å²) in [6, 6.07) is 21.0. The molecule has 0 saturated carbocycles. The molecule has 0 bridgehead atoms. The Morgan fingerprint density at radius 1 is 0.941 bits per heavy atom. The number of halogens is 1. The van der Waals surface area contributed by atoms with E-state index >= 15 is 0 Å². The number of thiophene rings is 1. The molecule has 7 nitrogen and oxygen atoms in total. The van der Waals surface area contributed by atoms with Gasteiger partial charge in [0.25, 0.3) is 0 Å². The average molecular weight is 492 g/mol. The van der Waals surface area contributed by atoms with E-state index in [9.17, 15) is 14.4 Å². The fourth-order valence-corrected chi connectivity index (χ4v) is 4.35. The predicted octanol–water partition coefficient (Wildman–Crippen LogP) is 5.17. The van der Waals surface area contributed by atoms with E-state index < -0.39 is 17.8 Å². The van der Waals surface area contributed by atoms with Crippen molar-refractivity contribution >= 4 is 62.7 Å². The number of nitrogens with one attached hydrogen (secondary N) is 2. The second-order valence-electron chi connectivity index (χ2n) is 7.22. The minimum Gasteiger partial charge on any atom is -0.422 e. The minimum absolute atomic E-state index is 0.331. The summed E-state index contributed by atoms with van der Waals surface area (Å²) in [4.78, 5) is 36.7. The van der Waals surface area contributed by atoms with E-state index in [1.807, 2.05) is 43.3 Å². The molecule has 170 valence electrons. The first-order chi connectivity index (χ1) is 16.4. The molecule has 0 saturated heterocycles. The number of carbonyl (C=O) groups is 3. The zero-order chi connectivity index (χ0) is 24.1. The second-order valence-corrected chi connectivity index (χ2v) is 8.65. The molecule has 0 unspecified atom stereocenters. The molecule has 0 aliphatic carbocycles. The topological polar surface area (TPSA) is 96.9 Å². The molecule has 4 rings (SSSR count). The van der Waals surface area contributed by atoms with Crippen molar-refractivity contribution in [1.82, 2.24) is 5.43 Å². The highest BCUT2D eigenvalue weighted by atomic mass is 35.5. The summed E-state index contributed by atoms with van der Waals surface area (Å²) in [5, 5.41) is 7.45. The molecule has 9 heteroatoms. The van der Waals surface area contributed by atoms with Gasteiger partial charge in [-0.3, -0.25) is 9.59 Å². The minimum atomic E-state index is -0.900. The predicted molar refractivity (Wildman–Crippen MR) is 134 cm³/mol. The van der Waals surface area contributed by atoms with Gasteiger partial charge in [0.05, 0.1) is 11.2 Å². The zero-order valence-electron chi connectivity index (χ0n) is 17.9. The Hall–Kier alpha value is -4.01. The highest BCUT2D eigenvalue weighted by molar-refractivity contribution is 7.21. The lowest BCUT2D eigenvalue weighted by atomic mass is 10.2. The van der Waals surface area contributed by atoms with Crippen molar-refractivity contribution in [2.24, 2.45) is 5.10 Å². The number of hydrogen-bond acceptors (Lipinski definition) is 6. The number of amides is 2. The Labute approximate surface area is 204 Å². The van der Waals surface area contributed by atoms with Crippen LogP contribution in [-0.4, -0.2) is 24.0 Å². The number of fused-ring (bicyclic) bond motifs is 1. The van der Waals surface area contributed by atoms with Gasteiger partial charge >= 0.3 is 17.8 Å². The number of benzene rings is 3. The van der Waals surface area contributed by atoms with Gasteiger partial charge in [-0.25, -0.2) is 10.2 Å². The molecule has 0 aliphatic heterocycles. The van der Waals surface area contributed by atoms with Gasteiger partial charge in [-0.05, 0) is 55.0 Å². The standard InChI is InChI=1S/C25H18ClN3O4S/c1-15-6-10-17(11-7-15)28-23(30)24(31)29-27-14-16-8-12-18(13-9-16)33-25(32)22-21(26)19-4-2-3-5-20(19)34-22/h2-14H,1H3,(H,28,30)(H,29,31). The molecule has 3 aromatic carbocycles. The Balaban J connectivity index is 1.31. The molecule has 0 spiro atoms. The molecule has 2 N–H and O–H groups in total. The van der Waals surface area contributed by atoms with Crippen LogP contribution in [0.15, 0.2) is 77.9 Å². The molecule has 1 heterocycles. The van der Waals surface area contributed by atoms with Crippen LogP contribution >= 0.6 is 22.9 Å². The monoisotopic (exact) mass is 491 g/mol. The van der Waals surface area contributed by atoms with Crippen LogP contribution in [-0.2, 0) is 9.59 Å². The molecule has 0 fully saturated rings. The second kappa shape index (κ2) is 10.3. The van der Waals surface area contributed by atoms with Crippen LogP contribution in [0.1, 0.15) is 20.8 Å². The maximum absolute atomic E-state index is 12.5. The summed E-state index contributed by atoms with van der Waals surface area (Å²) in [5.74, 6) is -1.94. The number of nitrogens with zero attached hydrogens (tertiary/aromatic N) is 1. The van der Waals surface area contributed by atoms with Crippen LogP contribution in [0.5, 0.6) is 5.75 Å². The van der Waals surface area contributed by atoms with E-state index in [4.69, 9.17) is 16.3 Å². The third kappa shape index (κ3) is 5.48. The lowest BCUT2D eigenvalue weighted by Gasteiger charge is -2.04. The van der Waals surface area contributed by atoms with Gasteiger partial charge in [-0.15, -0.1) is 11.3 Å². The third-order valence-corrected chi connectivity index (χ3v) is 6.36. The molecule has 0 radical (unpaired) electrons. The summed E-state index contributed by atoms with van der Waals surface area (Å²) in [5.41, 5.74) is 4.34. The Morgan fingerprint density at radius 3 is 2.35 bits per heavy atom. The van der Waals surface area contributed by atoms with Crippen molar-refractivity contribution in [3.05, 3.63) is 93.8 Å². The molecule has 4 aromatic rings. The number of anilines is 1. The first-order valence-corrected chi connectivity index (χ1v) is 11.3. The molecule has 34 heavy (non-hydrogen) atoms. The van der Waals surface area contributed by atoms with Crippen molar-refractivity contribution in [1.29, 1.82) is 0 Å². The first kappa shape index (κ1) is 23.2. The molecule has 0 aliphatic rings. The summed E-state index contributed by atoms with van der Waals surface area (Å²) in [7, 11) is 0. The van der Waals surface area contributed by atoms with E-state index in [0.29, 0.717) is 26.9 Å². The number of ether oxygens (including phenoxy) is 1. The van der Waals surface area contributed by atoms with E-state index in [1.54, 1.807) is 36.4 Å². The van der Waals surface area contributed by atoms with Gasteiger partial charge < -0.3 is 10.1 Å². The lowest BCUT2D eigenvalue weighted by Crippen LogP contribution is -2.32. The summed E-state index contributed by atoms with van der Waals surface area (Å²) in [6.45, 7) is 1.92. The molecule has 1 aromatic heterocycles. The van der Waals surface area contributed by atoms with E-state index in [0.717, 1.165) is 15.6 Å². The summed E-state index contributed by atoms with van der Waals surface area (Å²) < 4.78 is 6.33. The molecule has 2 amide bonds. The Bertz CT molecular complexity index is 1400. The summed E-state index contributed by atoms with van der Waals surface area (Å²) in [6.07, 6.45) is 1.37. The van der Waals surface area contributed by atoms with Crippen LogP contribution in [0, 0.1) is 6.92 Å². The van der Waals surface area contributed by atoms with Crippen LogP contribution < -0.4 is 15.5 Å². The average Bonchev–Trinajstić information content (AvgIpc) is 3.18. The maximum atomic E-state index is 12.5. The number of hydrazone groups is 1. The SMILES string of the molecule is Cc1ccc(NC(=O)C(=O)NN=Cc2ccc(OC(=O)c3sc4ccccc4c3Cl)cc2)cc1. The van der Waals surface area contributed by atoms with E-state index in [1.165, 1.54) is 17.6 Å². The zero-order valence-corrected chi connectivity index (χ0v) is 19.4. The van der Waals surface area contributed by atoms with Gasteiger partial charge in [0.2, 0.25) is 0 Å². The molecule has 0 atom stereocenters. The van der Waals surface area contributed by atoms with Gasteiger partial charge in [-0.2, -0.15) is 5.10 Å². The van der Waals surface area contributed by atoms with Crippen molar-refractivity contribution in [3.8, 4) is 5.75 Å². The first-order valence-electron chi connectivity index (χ1n) is 10.1. The quantitative estimate of drug-likeness (QED) is 0.132. The largest absolute Gasteiger partial charge is 0.422 e. The van der Waals surface area contributed by atoms with E-state index in [2.05, 4.69) is 15.8 Å². The van der Waals surface area contributed by atoms with Crippen molar-refractivity contribution in [2.45, 2.75) is 6.92 Å². The number of esters is 1. The normalized spacial score (nSPS) is 10.9. The van der Waals surface area contributed by atoms with Crippen molar-refractivity contribution in [2.75, 3.05) is 5.32 Å². The van der Waals surface area contributed by atoms with E-state index in [-0.39, 0.29) is 0 Å². The van der Waals surface area contributed by atoms with Crippen molar-refractivity contribution in [3.63, 3.8) is 0 Å². The highest BCUT2D eigenvalue weighted by Crippen LogP contribution is 2.35. The third-order valence-electron chi connectivity index (χ3n) is 4.71. The molecular weight excluding hydrogens is 474 g/mol. The summed E-state index contributed by atoms with van der Waals surface area (Å²) >= 11 is 7.60. The smallest absolute Gasteiger partial charge is 0.355 e. The number of carbonyl (C=O) groups excluding carboxylic acids is 3. The van der Waals surface area contributed by atoms with Gasteiger partial charge in [-0.1, -0.05) is 47.5 Å². The van der Waals surface area contributed by atoms with Gasteiger partial charge in [0.1, 0.15) is 10.6 Å². The van der Waals surface area contributed by atoms with Crippen LogP contribution in [0.4, 0.5) is 5.69 Å². The Morgan fingerprint density at radius 2 is 1.65 bits per heavy atom. The Kier molecular flexibility index (Phi) is 7.01. The van der Waals surface area contributed by atoms with Crippen LogP contribution in [0.25, 0.3) is 10.1 Å².